The van der Waals surface area contributed by atoms with Gasteiger partial charge in [0.25, 0.3) is 0 Å². The van der Waals surface area contributed by atoms with Crippen LogP contribution < -0.4 is 15.4 Å². The van der Waals surface area contributed by atoms with Crippen LogP contribution in [-0.2, 0) is 4.79 Å². The van der Waals surface area contributed by atoms with Crippen LogP contribution in [0.4, 0.5) is 15.8 Å². The Kier molecular flexibility index (Phi) is 4.55. The maximum Gasteiger partial charge on any atom is 0.243 e. The fourth-order valence-electron chi connectivity index (χ4n) is 1.67. The summed E-state index contributed by atoms with van der Waals surface area (Å²) < 4.78 is 18.5. The first-order valence-electron chi connectivity index (χ1n) is 6.11. The van der Waals surface area contributed by atoms with Crippen molar-refractivity contribution in [1.29, 1.82) is 0 Å². The number of para-hydroxylation sites is 1. The third-order valence-corrected chi connectivity index (χ3v) is 2.67. The largest absolute Gasteiger partial charge is 0.497 e. The van der Waals surface area contributed by atoms with E-state index in [0.29, 0.717) is 11.4 Å². The number of amides is 1. The summed E-state index contributed by atoms with van der Waals surface area (Å²) in [4.78, 5) is 11.7. The highest BCUT2D eigenvalue weighted by Gasteiger charge is 2.06. The van der Waals surface area contributed by atoms with Gasteiger partial charge < -0.3 is 15.4 Å². The maximum atomic E-state index is 13.5. The number of ether oxygens (including phenoxy) is 1. The van der Waals surface area contributed by atoms with Gasteiger partial charge in [0.05, 0.1) is 19.3 Å². The van der Waals surface area contributed by atoms with Gasteiger partial charge in [0.1, 0.15) is 11.6 Å². The Balaban J connectivity index is 1.93. The van der Waals surface area contributed by atoms with Crippen LogP contribution in [0.5, 0.6) is 5.75 Å². The summed E-state index contributed by atoms with van der Waals surface area (Å²) in [6.45, 7) is -0.0288. The summed E-state index contributed by atoms with van der Waals surface area (Å²) >= 11 is 0. The van der Waals surface area contributed by atoms with Crippen molar-refractivity contribution in [2.24, 2.45) is 0 Å². The Morgan fingerprint density at radius 2 is 1.95 bits per heavy atom. The molecular weight excluding hydrogens is 259 g/mol. The molecule has 104 valence electrons. The van der Waals surface area contributed by atoms with Gasteiger partial charge in [0.15, 0.2) is 0 Å². The highest BCUT2D eigenvalue weighted by atomic mass is 19.1. The van der Waals surface area contributed by atoms with Gasteiger partial charge in [-0.05, 0) is 24.3 Å². The van der Waals surface area contributed by atoms with Crippen LogP contribution in [0.25, 0.3) is 0 Å². The lowest BCUT2D eigenvalue weighted by atomic mass is 10.3. The molecule has 0 aromatic heterocycles. The minimum absolute atomic E-state index is 0.0288. The second-order valence-corrected chi connectivity index (χ2v) is 4.11. The van der Waals surface area contributed by atoms with Crippen molar-refractivity contribution in [2.45, 2.75) is 0 Å². The van der Waals surface area contributed by atoms with E-state index in [0.717, 1.165) is 0 Å². The Morgan fingerprint density at radius 3 is 2.65 bits per heavy atom. The van der Waals surface area contributed by atoms with Crippen molar-refractivity contribution in [2.75, 3.05) is 24.3 Å². The molecule has 2 rings (SSSR count). The van der Waals surface area contributed by atoms with E-state index in [9.17, 15) is 9.18 Å². The Hall–Kier alpha value is -2.56. The third-order valence-electron chi connectivity index (χ3n) is 2.67. The SMILES string of the molecule is COc1ccc(F)c(NCC(=O)Nc2ccccc2)c1. The number of benzene rings is 2. The quantitative estimate of drug-likeness (QED) is 0.881. The molecule has 0 aliphatic carbocycles. The lowest BCUT2D eigenvalue weighted by Crippen LogP contribution is -2.22. The number of halogens is 1. The number of anilines is 2. The molecule has 2 aromatic carbocycles. The Labute approximate surface area is 116 Å². The van der Waals surface area contributed by atoms with E-state index in [-0.39, 0.29) is 18.1 Å². The summed E-state index contributed by atoms with van der Waals surface area (Å²) in [7, 11) is 1.50. The summed E-state index contributed by atoms with van der Waals surface area (Å²) in [6.07, 6.45) is 0. The number of carbonyl (C=O) groups excluding carboxylic acids is 1. The van der Waals surface area contributed by atoms with E-state index in [1.165, 1.54) is 25.3 Å². The summed E-state index contributed by atoms with van der Waals surface area (Å²) in [5.74, 6) is -0.158. The maximum absolute atomic E-state index is 13.5. The van der Waals surface area contributed by atoms with Crippen LogP contribution in [0, 0.1) is 5.82 Å². The van der Waals surface area contributed by atoms with Gasteiger partial charge in [0, 0.05) is 11.8 Å². The van der Waals surface area contributed by atoms with Gasteiger partial charge >= 0.3 is 0 Å². The van der Waals surface area contributed by atoms with Crippen molar-refractivity contribution in [3.63, 3.8) is 0 Å². The van der Waals surface area contributed by atoms with Crippen LogP contribution in [0.1, 0.15) is 0 Å². The fourth-order valence-corrected chi connectivity index (χ4v) is 1.67. The van der Waals surface area contributed by atoms with Crippen LogP contribution in [0.2, 0.25) is 0 Å². The zero-order valence-corrected chi connectivity index (χ0v) is 11.0. The molecule has 20 heavy (non-hydrogen) atoms. The molecule has 0 saturated carbocycles. The number of rotatable bonds is 5. The molecule has 0 atom stereocenters. The molecule has 5 heteroatoms. The molecule has 2 aromatic rings. The van der Waals surface area contributed by atoms with Crippen molar-refractivity contribution in [3.05, 3.63) is 54.3 Å². The molecule has 2 N–H and O–H groups in total. The number of nitrogens with one attached hydrogen (secondary N) is 2. The van der Waals surface area contributed by atoms with Crippen molar-refractivity contribution < 1.29 is 13.9 Å². The average Bonchev–Trinajstić information content (AvgIpc) is 2.47. The number of hydrogen-bond acceptors (Lipinski definition) is 3. The summed E-state index contributed by atoms with van der Waals surface area (Å²) in [5, 5.41) is 5.45. The zero-order valence-electron chi connectivity index (χ0n) is 11.0. The van der Waals surface area contributed by atoms with Gasteiger partial charge in [0.2, 0.25) is 5.91 Å². The first-order chi connectivity index (χ1) is 9.69. The first kappa shape index (κ1) is 13.9. The van der Waals surface area contributed by atoms with Crippen molar-refractivity contribution >= 4 is 17.3 Å². The molecule has 0 heterocycles. The van der Waals surface area contributed by atoms with Crippen molar-refractivity contribution in [3.8, 4) is 5.75 Å². The smallest absolute Gasteiger partial charge is 0.243 e. The van der Waals surface area contributed by atoms with Crippen LogP contribution in [0.3, 0.4) is 0 Å². The molecule has 0 saturated heterocycles. The number of methoxy groups -OCH3 is 1. The predicted molar refractivity (Wildman–Crippen MR) is 76.5 cm³/mol. The second-order valence-electron chi connectivity index (χ2n) is 4.11. The molecule has 1 amide bonds. The van der Waals surface area contributed by atoms with E-state index in [4.69, 9.17) is 4.74 Å². The van der Waals surface area contributed by atoms with Gasteiger partial charge in [-0.3, -0.25) is 4.79 Å². The molecule has 0 fully saturated rings. The minimum atomic E-state index is -0.432. The molecular formula is C15H15FN2O2. The lowest BCUT2D eigenvalue weighted by Gasteiger charge is -2.09. The molecule has 0 radical (unpaired) electrons. The second kappa shape index (κ2) is 6.56. The molecule has 0 bridgehead atoms. The van der Waals surface area contributed by atoms with E-state index in [2.05, 4.69) is 10.6 Å². The summed E-state index contributed by atoms with van der Waals surface area (Å²) in [5.41, 5.74) is 0.929. The van der Waals surface area contributed by atoms with E-state index in [1.54, 1.807) is 12.1 Å². The van der Waals surface area contributed by atoms with Gasteiger partial charge in [-0.15, -0.1) is 0 Å². The van der Waals surface area contributed by atoms with E-state index < -0.39 is 5.82 Å². The van der Waals surface area contributed by atoms with E-state index >= 15 is 0 Å². The molecule has 0 unspecified atom stereocenters. The molecule has 0 spiro atoms. The topological polar surface area (TPSA) is 50.4 Å². The first-order valence-corrected chi connectivity index (χ1v) is 6.11. The Morgan fingerprint density at radius 1 is 1.20 bits per heavy atom. The Bertz CT molecular complexity index is 588. The fraction of sp³-hybridized carbons (Fsp3) is 0.133. The highest BCUT2D eigenvalue weighted by Crippen LogP contribution is 2.20. The zero-order chi connectivity index (χ0) is 14.4. The average molecular weight is 274 g/mol. The highest BCUT2D eigenvalue weighted by molar-refractivity contribution is 5.93. The van der Waals surface area contributed by atoms with Crippen LogP contribution in [0.15, 0.2) is 48.5 Å². The van der Waals surface area contributed by atoms with Gasteiger partial charge in [-0.2, -0.15) is 0 Å². The van der Waals surface area contributed by atoms with Crippen molar-refractivity contribution in [1.82, 2.24) is 0 Å². The predicted octanol–water partition coefficient (Wildman–Crippen LogP) is 2.88. The van der Waals surface area contributed by atoms with Crippen LogP contribution in [-0.4, -0.2) is 19.6 Å². The molecule has 4 nitrogen and oxygen atoms in total. The standard InChI is InChI=1S/C15H15FN2O2/c1-20-12-7-8-13(16)14(9-12)17-10-15(19)18-11-5-3-2-4-6-11/h2-9,17H,10H2,1H3,(H,18,19). The van der Waals surface area contributed by atoms with Gasteiger partial charge in [-0.25, -0.2) is 4.39 Å². The third kappa shape index (κ3) is 3.71. The lowest BCUT2D eigenvalue weighted by molar-refractivity contribution is -0.114. The normalized spacial score (nSPS) is 9.90. The minimum Gasteiger partial charge on any atom is -0.497 e. The molecule has 0 aliphatic heterocycles. The number of carbonyl (C=O) groups is 1. The summed E-state index contributed by atoms with van der Waals surface area (Å²) in [6, 6.07) is 13.4. The number of hydrogen-bond donors (Lipinski definition) is 2. The monoisotopic (exact) mass is 274 g/mol. The molecule has 0 aliphatic rings. The van der Waals surface area contributed by atoms with E-state index in [1.807, 2.05) is 18.2 Å². The van der Waals surface area contributed by atoms with Gasteiger partial charge in [-0.1, -0.05) is 18.2 Å². The van der Waals surface area contributed by atoms with Crippen LogP contribution >= 0.6 is 0 Å².